The Balaban J connectivity index is 1.47. The van der Waals surface area contributed by atoms with E-state index in [-0.39, 0.29) is 11.8 Å². The Morgan fingerprint density at radius 2 is 1.92 bits per heavy atom. The van der Waals surface area contributed by atoms with E-state index >= 15 is 0 Å². The van der Waals surface area contributed by atoms with Crippen LogP contribution in [0, 0.1) is 6.92 Å². The minimum Gasteiger partial charge on any atom is -0.353 e. The fourth-order valence-corrected chi connectivity index (χ4v) is 3.58. The van der Waals surface area contributed by atoms with Crippen molar-refractivity contribution < 1.29 is 9.59 Å². The maximum absolute atomic E-state index is 12.4. The number of hydrogen-bond acceptors (Lipinski definition) is 3. The van der Waals surface area contributed by atoms with Gasteiger partial charge in [-0.1, -0.05) is 37.3 Å². The summed E-state index contributed by atoms with van der Waals surface area (Å²) in [6.45, 7) is 2.02. The Morgan fingerprint density at radius 1 is 1.16 bits per heavy atom. The number of carbonyl (C=O) groups is 2. The number of nitrogens with one attached hydrogen (secondary N) is 1. The molecule has 1 aromatic carbocycles. The second-order valence-electron chi connectivity index (χ2n) is 7.12. The third-order valence-electron chi connectivity index (χ3n) is 4.97. The maximum atomic E-state index is 12.4. The van der Waals surface area contributed by atoms with Gasteiger partial charge in [0.25, 0.3) is 0 Å². The summed E-state index contributed by atoms with van der Waals surface area (Å²) in [5, 5.41) is 8.31. The number of carbonyl (C=O) groups excluding carboxylic acids is 2. The van der Waals surface area contributed by atoms with Gasteiger partial charge in [-0.3, -0.25) is 9.59 Å². The van der Waals surface area contributed by atoms with Crippen LogP contribution in [0.4, 0.5) is 0 Å². The first kappa shape index (κ1) is 17.6. The van der Waals surface area contributed by atoms with Gasteiger partial charge < -0.3 is 5.32 Å². The van der Waals surface area contributed by atoms with Crippen molar-refractivity contribution in [2.24, 2.45) is 0 Å². The predicted molar refractivity (Wildman–Crippen MR) is 98.6 cm³/mol. The lowest BCUT2D eigenvalue weighted by molar-refractivity contribution is -0.121. The summed E-state index contributed by atoms with van der Waals surface area (Å²) in [5.41, 5.74) is 1.98. The molecule has 0 radical (unpaired) electrons. The minimum atomic E-state index is -0.0545. The van der Waals surface area contributed by atoms with E-state index in [0.717, 1.165) is 29.3 Å². The molecule has 1 amide bonds. The van der Waals surface area contributed by atoms with E-state index in [1.807, 2.05) is 25.1 Å². The van der Waals surface area contributed by atoms with Crippen LogP contribution in [0.25, 0.3) is 10.9 Å². The second kappa shape index (κ2) is 8.28. The fourth-order valence-electron chi connectivity index (χ4n) is 3.58. The molecule has 2 aromatic rings. The van der Waals surface area contributed by atoms with Gasteiger partial charge in [-0.05, 0) is 38.3 Å². The van der Waals surface area contributed by atoms with Crippen LogP contribution in [-0.2, 0) is 4.79 Å². The van der Waals surface area contributed by atoms with Gasteiger partial charge in [-0.15, -0.1) is 0 Å². The van der Waals surface area contributed by atoms with Gasteiger partial charge in [0.15, 0.2) is 0 Å². The van der Waals surface area contributed by atoms with Gasteiger partial charge in [0, 0.05) is 24.3 Å². The van der Waals surface area contributed by atoms with Crippen molar-refractivity contribution in [3.63, 3.8) is 0 Å². The Hall–Kier alpha value is -2.17. The van der Waals surface area contributed by atoms with E-state index in [4.69, 9.17) is 0 Å². The van der Waals surface area contributed by atoms with Gasteiger partial charge in [-0.25, -0.2) is 4.68 Å². The number of rotatable bonds is 5. The van der Waals surface area contributed by atoms with Crippen molar-refractivity contribution in [3.05, 3.63) is 30.0 Å². The third-order valence-corrected chi connectivity index (χ3v) is 4.97. The number of nitrogens with zero attached hydrogens (tertiary/aromatic N) is 2. The smallest absolute Gasteiger partial charge is 0.247 e. The van der Waals surface area contributed by atoms with Crippen LogP contribution in [0.3, 0.4) is 0 Å². The van der Waals surface area contributed by atoms with E-state index < -0.39 is 0 Å². The lowest BCUT2D eigenvalue weighted by Crippen LogP contribution is -2.34. The van der Waals surface area contributed by atoms with E-state index in [9.17, 15) is 9.59 Å². The molecule has 0 spiro atoms. The van der Waals surface area contributed by atoms with Crippen molar-refractivity contribution in [3.8, 4) is 0 Å². The van der Waals surface area contributed by atoms with Crippen LogP contribution in [-0.4, -0.2) is 27.6 Å². The summed E-state index contributed by atoms with van der Waals surface area (Å²) in [6.07, 6.45) is 10.2. The Bertz CT molecular complexity index is 742. The van der Waals surface area contributed by atoms with Gasteiger partial charge >= 0.3 is 0 Å². The number of amides is 1. The first-order valence-corrected chi connectivity index (χ1v) is 9.40. The lowest BCUT2D eigenvalue weighted by atomic mass is 10.1. The number of aromatic nitrogens is 2. The number of fused-ring (bicyclic) bond motifs is 1. The molecule has 5 nitrogen and oxygen atoms in total. The summed E-state index contributed by atoms with van der Waals surface area (Å²) < 4.78 is 1.46. The van der Waals surface area contributed by atoms with Crippen molar-refractivity contribution in [2.45, 2.75) is 70.8 Å². The molecule has 134 valence electrons. The largest absolute Gasteiger partial charge is 0.353 e. The molecule has 1 saturated carbocycles. The average molecular weight is 341 g/mol. The first-order valence-electron chi connectivity index (χ1n) is 9.40. The molecule has 0 unspecified atom stereocenters. The molecule has 1 aliphatic rings. The molecule has 0 saturated heterocycles. The zero-order valence-electron chi connectivity index (χ0n) is 15.0. The predicted octanol–water partition coefficient (Wildman–Crippen LogP) is 3.99. The molecule has 25 heavy (non-hydrogen) atoms. The molecular weight excluding hydrogens is 314 g/mol. The van der Waals surface area contributed by atoms with E-state index in [2.05, 4.69) is 10.4 Å². The zero-order valence-corrected chi connectivity index (χ0v) is 15.0. The van der Waals surface area contributed by atoms with Crippen molar-refractivity contribution in [1.82, 2.24) is 15.1 Å². The summed E-state index contributed by atoms with van der Waals surface area (Å²) in [5.74, 6) is 0.0155. The summed E-state index contributed by atoms with van der Waals surface area (Å²) in [6, 6.07) is 6.25. The van der Waals surface area contributed by atoms with Gasteiger partial charge in [0.2, 0.25) is 11.8 Å². The SMILES string of the molecule is Cc1ccc2c(cnn2C(=O)CCCC(=O)NC2CCCCCC2)c1. The molecule has 1 aromatic heterocycles. The molecule has 0 atom stereocenters. The molecule has 1 heterocycles. The molecule has 1 fully saturated rings. The number of hydrogen-bond donors (Lipinski definition) is 1. The topological polar surface area (TPSA) is 64.0 Å². The zero-order chi connectivity index (χ0) is 17.6. The van der Waals surface area contributed by atoms with Crippen LogP contribution >= 0.6 is 0 Å². The van der Waals surface area contributed by atoms with Crippen molar-refractivity contribution >= 4 is 22.7 Å². The number of aryl methyl sites for hydroxylation is 1. The van der Waals surface area contributed by atoms with E-state index in [1.54, 1.807) is 6.20 Å². The summed E-state index contributed by atoms with van der Waals surface area (Å²) >= 11 is 0. The highest BCUT2D eigenvalue weighted by molar-refractivity contribution is 5.91. The second-order valence-corrected chi connectivity index (χ2v) is 7.12. The molecule has 3 rings (SSSR count). The monoisotopic (exact) mass is 341 g/mol. The van der Waals surface area contributed by atoms with E-state index in [0.29, 0.717) is 25.3 Å². The quantitative estimate of drug-likeness (QED) is 0.836. The van der Waals surface area contributed by atoms with Crippen LogP contribution in [0.5, 0.6) is 0 Å². The van der Waals surface area contributed by atoms with Gasteiger partial charge in [0.1, 0.15) is 0 Å². The maximum Gasteiger partial charge on any atom is 0.247 e. The molecule has 0 bridgehead atoms. The van der Waals surface area contributed by atoms with Crippen LogP contribution in [0.2, 0.25) is 0 Å². The Labute approximate surface area is 148 Å². The van der Waals surface area contributed by atoms with Crippen LogP contribution < -0.4 is 5.32 Å². The van der Waals surface area contributed by atoms with Crippen molar-refractivity contribution in [2.75, 3.05) is 0 Å². The standard InChI is InChI=1S/C20H27N3O2/c1-15-11-12-18-16(13-15)14-21-23(18)20(25)10-6-9-19(24)22-17-7-4-2-3-5-8-17/h11-14,17H,2-10H2,1H3,(H,22,24). The minimum absolute atomic E-state index is 0.0545. The molecule has 5 heteroatoms. The van der Waals surface area contributed by atoms with Crippen LogP contribution in [0.15, 0.2) is 24.4 Å². The highest BCUT2D eigenvalue weighted by atomic mass is 16.2. The van der Waals surface area contributed by atoms with Gasteiger partial charge in [-0.2, -0.15) is 5.10 Å². The third kappa shape index (κ3) is 4.68. The lowest BCUT2D eigenvalue weighted by Gasteiger charge is -2.16. The summed E-state index contributed by atoms with van der Waals surface area (Å²) in [4.78, 5) is 24.5. The fraction of sp³-hybridized carbons (Fsp3) is 0.550. The van der Waals surface area contributed by atoms with E-state index in [1.165, 1.54) is 30.4 Å². The Kier molecular flexibility index (Phi) is 5.84. The highest BCUT2D eigenvalue weighted by Crippen LogP contribution is 2.18. The summed E-state index contributed by atoms with van der Waals surface area (Å²) in [7, 11) is 0. The average Bonchev–Trinajstić information content (AvgIpc) is 2.83. The molecular formula is C20H27N3O2. The number of benzene rings is 1. The van der Waals surface area contributed by atoms with Crippen molar-refractivity contribution in [1.29, 1.82) is 0 Å². The normalized spacial score (nSPS) is 15.9. The van der Waals surface area contributed by atoms with Gasteiger partial charge in [0.05, 0.1) is 11.7 Å². The molecule has 1 N–H and O–H groups in total. The highest BCUT2D eigenvalue weighted by Gasteiger charge is 2.15. The first-order chi connectivity index (χ1) is 12.1. The molecule has 0 aliphatic heterocycles. The molecule has 1 aliphatic carbocycles. The Morgan fingerprint density at radius 3 is 2.68 bits per heavy atom. The van der Waals surface area contributed by atoms with Crippen LogP contribution in [0.1, 0.15) is 68.1 Å².